The fourth-order valence-corrected chi connectivity index (χ4v) is 3.26. The van der Waals surface area contributed by atoms with Crippen LogP contribution in [-0.4, -0.2) is 92.6 Å². The van der Waals surface area contributed by atoms with E-state index in [4.69, 9.17) is 11.5 Å². The number of aliphatic hydroxyl groups excluding tert-OH is 1. The molecule has 0 aliphatic carbocycles. The van der Waals surface area contributed by atoms with Crippen molar-refractivity contribution in [3.8, 4) is 0 Å². The second kappa shape index (κ2) is 14.9. The third kappa shape index (κ3) is 10.2. The first-order valence-electron chi connectivity index (χ1n) is 10.3. The molecule has 15 heteroatoms. The first kappa shape index (κ1) is 28.9. The first-order chi connectivity index (χ1) is 16.1. The number of aliphatic carboxylic acids is 1. The van der Waals surface area contributed by atoms with Crippen molar-refractivity contribution in [3.05, 3.63) is 18.2 Å². The Hall–Kier alpha value is -3.17. The minimum absolute atomic E-state index is 0.0991. The number of nitrogens with one attached hydrogen (secondary N) is 4. The monoisotopic (exact) mass is 501 g/mol. The summed E-state index contributed by atoms with van der Waals surface area (Å²) in [4.78, 5) is 66.8. The van der Waals surface area contributed by atoms with E-state index in [2.05, 4.69) is 25.9 Å². The molecule has 0 aliphatic heterocycles. The lowest BCUT2D eigenvalue weighted by molar-refractivity contribution is -0.142. The molecule has 4 amide bonds. The van der Waals surface area contributed by atoms with Crippen LogP contribution in [0.3, 0.4) is 0 Å². The van der Waals surface area contributed by atoms with Crippen molar-refractivity contribution in [2.45, 2.75) is 49.9 Å². The molecule has 0 aromatic carbocycles. The molecule has 0 saturated heterocycles. The van der Waals surface area contributed by atoms with E-state index in [1.807, 2.05) is 0 Å². The molecular weight excluding hydrogens is 470 g/mol. The number of nitrogens with two attached hydrogens (primary N) is 2. The number of primary amides is 1. The number of amides is 4. The molecular formula is C19H31N7O7S. The van der Waals surface area contributed by atoms with Gasteiger partial charge < -0.3 is 42.6 Å². The van der Waals surface area contributed by atoms with Crippen molar-refractivity contribution >= 4 is 41.4 Å². The maximum atomic E-state index is 12.7. The van der Waals surface area contributed by atoms with E-state index in [1.54, 1.807) is 6.26 Å². The number of aromatic nitrogens is 2. The van der Waals surface area contributed by atoms with Crippen molar-refractivity contribution < 1.29 is 34.2 Å². The number of carboxylic acids is 1. The summed E-state index contributed by atoms with van der Waals surface area (Å²) in [5.41, 5.74) is 11.5. The lowest BCUT2D eigenvalue weighted by atomic mass is 10.1. The highest BCUT2D eigenvalue weighted by atomic mass is 32.2. The molecule has 10 N–H and O–H groups in total. The zero-order valence-corrected chi connectivity index (χ0v) is 19.5. The molecule has 0 bridgehead atoms. The smallest absolute Gasteiger partial charge is 0.326 e. The normalized spacial score (nSPS) is 14.3. The van der Waals surface area contributed by atoms with E-state index in [9.17, 15) is 34.2 Å². The highest BCUT2D eigenvalue weighted by molar-refractivity contribution is 7.98. The number of hydrogen-bond donors (Lipinski definition) is 8. The third-order valence-corrected chi connectivity index (χ3v) is 5.33. The standard InChI is InChI=1S/C19H31N7O7S/c1-34-5-4-13(19(32)33)25-17(30)12(2-3-15(21)28)24-18(31)14(8-27)26-16(29)11(20)6-10-7-22-9-23-10/h7,9,11-14,27H,2-6,8,20H2,1H3,(H2,21,28)(H,22,23)(H,24,31)(H,25,30)(H,26,29)(H,32,33). The van der Waals surface area contributed by atoms with Crippen LogP contribution in [0.2, 0.25) is 0 Å². The van der Waals surface area contributed by atoms with Crippen LogP contribution in [0.15, 0.2) is 12.5 Å². The molecule has 1 aromatic rings. The van der Waals surface area contributed by atoms with E-state index < -0.39 is 60.4 Å². The summed E-state index contributed by atoms with van der Waals surface area (Å²) in [6.07, 6.45) is 4.43. The van der Waals surface area contributed by atoms with Crippen LogP contribution in [0.1, 0.15) is 25.0 Å². The number of imidazole rings is 1. The number of H-pyrrole nitrogens is 1. The first-order valence-corrected chi connectivity index (χ1v) is 11.7. The Morgan fingerprint density at radius 2 is 1.68 bits per heavy atom. The van der Waals surface area contributed by atoms with Gasteiger partial charge in [0.05, 0.1) is 19.0 Å². The SMILES string of the molecule is CSCCC(NC(=O)C(CCC(N)=O)NC(=O)C(CO)NC(=O)C(N)Cc1cnc[nH]1)C(=O)O. The number of carbonyl (C=O) groups is 5. The Kier molecular flexibility index (Phi) is 12.6. The number of hydrogen-bond acceptors (Lipinski definition) is 9. The van der Waals surface area contributed by atoms with Crippen molar-refractivity contribution in [2.24, 2.45) is 11.5 Å². The van der Waals surface area contributed by atoms with Gasteiger partial charge in [0.2, 0.25) is 23.6 Å². The number of nitrogens with zero attached hydrogens (tertiary/aromatic N) is 1. The Bertz CT molecular complexity index is 837. The van der Waals surface area contributed by atoms with Gasteiger partial charge in [0, 0.05) is 24.7 Å². The highest BCUT2D eigenvalue weighted by Crippen LogP contribution is 2.05. The van der Waals surface area contributed by atoms with E-state index in [1.165, 1.54) is 24.3 Å². The number of carboxylic acid groups (broad SMARTS) is 1. The fraction of sp³-hybridized carbons (Fsp3) is 0.579. The van der Waals surface area contributed by atoms with Crippen LogP contribution in [0.4, 0.5) is 0 Å². The summed E-state index contributed by atoms with van der Waals surface area (Å²) >= 11 is 1.39. The van der Waals surface area contributed by atoms with Gasteiger partial charge in [0.25, 0.3) is 0 Å². The maximum absolute atomic E-state index is 12.7. The second-order valence-electron chi connectivity index (χ2n) is 7.38. The van der Waals surface area contributed by atoms with Gasteiger partial charge in [0.15, 0.2) is 0 Å². The topological polar surface area (TPSA) is 243 Å². The van der Waals surface area contributed by atoms with Gasteiger partial charge in [-0.2, -0.15) is 11.8 Å². The van der Waals surface area contributed by atoms with Gasteiger partial charge >= 0.3 is 5.97 Å². The average molecular weight is 502 g/mol. The van der Waals surface area contributed by atoms with Gasteiger partial charge in [-0.3, -0.25) is 19.2 Å². The Balaban J connectivity index is 2.83. The van der Waals surface area contributed by atoms with Crippen LogP contribution < -0.4 is 27.4 Å². The van der Waals surface area contributed by atoms with Crippen LogP contribution in [0.25, 0.3) is 0 Å². The second-order valence-corrected chi connectivity index (χ2v) is 8.36. The van der Waals surface area contributed by atoms with Gasteiger partial charge in [0.1, 0.15) is 18.1 Å². The number of aromatic amines is 1. The van der Waals surface area contributed by atoms with E-state index >= 15 is 0 Å². The van der Waals surface area contributed by atoms with Gasteiger partial charge in [-0.05, 0) is 24.9 Å². The molecule has 14 nitrogen and oxygen atoms in total. The quantitative estimate of drug-likeness (QED) is 0.113. The molecule has 0 radical (unpaired) electrons. The van der Waals surface area contributed by atoms with Crippen molar-refractivity contribution in [1.82, 2.24) is 25.9 Å². The van der Waals surface area contributed by atoms with Crippen molar-refractivity contribution in [3.63, 3.8) is 0 Å². The zero-order chi connectivity index (χ0) is 25.7. The van der Waals surface area contributed by atoms with Crippen molar-refractivity contribution in [2.75, 3.05) is 18.6 Å². The lowest BCUT2D eigenvalue weighted by Gasteiger charge is -2.24. The predicted molar refractivity (Wildman–Crippen MR) is 122 cm³/mol. The molecule has 1 rings (SSSR count). The van der Waals surface area contributed by atoms with E-state index in [0.717, 1.165) is 0 Å². The summed E-state index contributed by atoms with van der Waals surface area (Å²) in [6, 6.07) is -5.04. The Morgan fingerprint density at radius 3 is 2.21 bits per heavy atom. The van der Waals surface area contributed by atoms with Gasteiger partial charge in [-0.15, -0.1) is 0 Å². The molecule has 34 heavy (non-hydrogen) atoms. The molecule has 0 spiro atoms. The highest BCUT2D eigenvalue weighted by Gasteiger charge is 2.30. The predicted octanol–water partition coefficient (Wildman–Crippen LogP) is -3.17. The lowest BCUT2D eigenvalue weighted by Crippen LogP contribution is -2.58. The summed E-state index contributed by atoms with van der Waals surface area (Å²) in [7, 11) is 0. The molecule has 0 saturated carbocycles. The minimum Gasteiger partial charge on any atom is -0.480 e. The number of aliphatic hydroxyl groups is 1. The fourth-order valence-electron chi connectivity index (χ4n) is 2.79. The summed E-state index contributed by atoms with van der Waals surface area (Å²) in [6.45, 7) is -0.802. The molecule has 1 aromatic heterocycles. The Morgan fingerprint density at radius 1 is 1.06 bits per heavy atom. The number of carbonyl (C=O) groups excluding carboxylic acids is 4. The largest absolute Gasteiger partial charge is 0.480 e. The van der Waals surface area contributed by atoms with Gasteiger partial charge in [-0.25, -0.2) is 9.78 Å². The van der Waals surface area contributed by atoms with Gasteiger partial charge in [-0.1, -0.05) is 0 Å². The maximum Gasteiger partial charge on any atom is 0.326 e. The average Bonchev–Trinajstić information content (AvgIpc) is 3.29. The molecule has 0 fully saturated rings. The van der Waals surface area contributed by atoms with E-state index in [-0.39, 0.29) is 25.7 Å². The minimum atomic E-state index is -1.45. The van der Waals surface area contributed by atoms with Crippen LogP contribution in [0.5, 0.6) is 0 Å². The Labute approximate surface area is 200 Å². The van der Waals surface area contributed by atoms with Crippen molar-refractivity contribution in [1.29, 1.82) is 0 Å². The number of thioether (sulfide) groups is 1. The van der Waals surface area contributed by atoms with E-state index in [0.29, 0.717) is 11.4 Å². The third-order valence-electron chi connectivity index (χ3n) is 4.68. The molecule has 4 atom stereocenters. The molecule has 190 valence electrons. The molecule has 0 aliphatic rings. The number of rotatable bonds is 16. The summed E-state index contributed by atoms with van der Waals surface area (Å²) < 4.78 is 0. The summed E-state index contributed by atoms with van der Waals surface area (Å²) in [5, 5.41) is 25.8. The van der Waals surface area contributed by atoms with Crippen LogP contribution in [0, 0.1) is 0 Å². The summed E-state index contributed by atoms with van der Waals surface area (Å²) in [5.74, 6) is -4.03. The van der Waals surface area contributed by atoms with Crippen LogP contribution in [-0.2, 0) is 30.4 Å². The molecule has 1 heterocycles. The zero-order valence-electron chi connectivity index (χ0n) is 18.7. The molecule has 4 unspecified atom stereocenters. The van der Waals surface area contributed by atoms with Crippen LogP contribution >= 0.6 is 11.8 Å².